The van der Waals surface area contributed by atoms with Crippen LogP contribution in [0, 0.1) is 12.7 Å². The summed E-state index contributed by atoms with van der Waals surface area (Å²) in [6.07, 6.45) is 0. The number of nitrogens with zero attached hydrogens (tertiary/aromatic N) is 1. The fourth-order valence-corrected chi connectivity index (χ4v) is 5.06. The minimum absolute atomic E-state index is 0.0696. The number of hydrogen-bond acceptors (Lipinski definition) is 4. The molecule has 3 rings (SSSR count). The number of carbonyl (C=O) groups excluding carboxylic acids is 1. The van der Waals surface area contributed by atoms with Gasteiger partial charge in [0.1, 0.15) is 23.0 Å². The van der Waals surface area contributed by atoms with E-state index in [1.54, 1.807) is 25.1 Å². The minimum atomic E-state index is -4.23. The highest BCUT2D eigenvalue weighted by molar-refractivity contribution is 9.10. The van der Waals surface area contributed by atoms with Gasteiger partial charge in [-0.1, -0.05) is 33.6 Å². The second-order valence-electron chi connectivity index (χ2n) is 6.81. The van der Waals surface area contributed by atoms with Gasteiger partial charge < -0.3 is 10.1 Å². The summed E-state index contributed by atoms with van der Waals surface area (Å²) in [7, 11) is -2.87. The van der Waals surface area contributed by atoms with Crippen molar-refractivity contribution in [1.82, 2.24) is 0 Å². The average Bonchev–Trinajstić information content (AvgIpc) is 2.74. The van der Waals surface area contributed by atoms with Gasteiger partial charge >= 0.3 is 0 Å². The molecule has 0 bridgehead atoms. The minimum Gasteiger partial charge on any atom is -0.495 e. The maximum atomic E-state index is 14.1. The maximum absolute atomic E-state index is 14.1. The molecule has 10 heteroatoms. The van der Waals surface area contributed by atoms with Gasteiger partial charge in [0.15, 0.2) is 0 Å². The number of sulfonamides is 1. The summed E-state index contributed by atoms with van der Waals surface area (Å²) in [6.45, 7) is 1.14. The predicted octanol–water partition coefficient (Wildman–Crippen LogP) is 5.39. The van der Waals surface area contributed by atoms with E-state index < -0.39 is 28.3 Å². The highest BCUT2D eigenvalue weighted by atomic mass is 79.9. The summed E-state index contributed by atoms with van der Waals surface area (Å²) in [5, 5.41) is 2.82. The van der Waals surface area contributed by atoms with E-state index in [1.165, 1.54) is 49.6 Å². The number of carbonyl (C=O) groups is 1. The molecule has 0 heterocycles. The molecule has 3 aromatic carbocycles. The summed E-state index contributed by atoms with van der Waals surface area (Å²) in [5.74, 6) is -1.25. The molecule has 1 amide bonds. The Balaban J connectivity index is 2.02. The Hall–Kier alpha value is -2.62. The predicted molar refractivity (Wildman–Crippen MR) is 126 cm³/mol. The molecule has 168 valence electrons. The third-order valence-corrected chi connectivity index (χ3v) is 7.03. The lowest BCUT2D eigenvalue weighted by Crippen LogP contribution is -2.38. The Bertz CT molecular complexity index is 1250. The van der Waals surface area contributed by atoms with Crippen molar-refractivity contribution < 1.29 is 22.3 Å². The lowest BCUT2D eigenvalue weighted by molar-refractivity contribution is -0.114. The average molecular weight is 542 g/mol. The summed E-state index contributed by atoms with van der Waals surface area (Å²) < 4.78 is 48.0. The molecule has 0 saturated heterocycles. The zero-order valence-corrected chi connectivity index (χ0v) is 20.3. The first-order chi connectivity index (χ1) is 15.1. The van der Waals surface area contributed by atoms with E-state index in [-0.39, 0.29) is 22.0 Å². The van der Waals surface area contributed by atoms with Crippen molar-refractivity contribution in [3.63, 3.8) is 0 Å². The van der Waals surface area contributed by atoms with Gasteiger partial charge in [-0.05, 0) is 67.1 Å². The summed E-state index contributed by atoms with van der Waals surface area (Å²) in [6, 6.07) is 14.8. The first-order valence-electron chi connectivity index (χ1n) is 9.29. The van der Waals surface area contributed by atoms with Gasteiger partial charge in [0.2, 0.25) is 5.91 Å². The molecule has 0 aliphatic carbocycles. The van der Waals surface area contributed by atoms with Crippen molar-refractivity contribution in [1.29, 1.82) is 0 Å². The Morgan fingerprint density at radius 2 is 1.81 bits per heavy atom. The first kappa shape index (κ1) is 24.0. The van der Waals surface area contributed by atoms with Crippen LogP contribution in [0.3, 0.4) is 0 Å². The monoisotopic (exact) mass is 540 g/mol. The highest BCUT2D eigenvalue weighted by Crippen LogP contribution is 2.31. The summed E-state index contributed by atoms with van der Waals surface area (Å²) in [4.78, 5) is 12.6. The quantitative estimate of drug-likeness (QED) is 0.435. The van der Waals surface area contributed by atoms with Gasteiger partial charge in [-0.15, -0.1) is 0 Å². The van der Waals surface area contributed by atoms with Crippen LogP contribution >= 0.6 is 27.5 Å². The number of nitrogens with one attached hydrogen (secondary N) is 1. The Labute approximate surface area is 199 Å². The van der Waals surface area contributed by atoms with E-state index in [0.717, 1.165) is 4.31 Å². The van der Waals surface area contributed by atoms with Crippen molar-refractivity contribution in [2.24, 2.45) is 0 Å². The van der Waals surface area contributed by atoms with Crippen LogP contribution in [0.25, 0.3) is 0 Å². The fourth-order valence-electron chi connectivity index (χ4n) is 2.94. The number of methoxy groups -OCH3 is 1. The van der Waals surface area contributed by atoms with Crippen molar-refractivity contribution in [3.05, 3.63) is 81.5 Å². The molecular formula is C22H19BrClFN2O4S. The zero-order valence-electron chi connectivity index (χ0n) is 17.1. The molecule has 0 atom stereocenters. The third-order valence-electron chi connectivity index (χ3n) is 4.49. The molecule has 0 aliphatic heterocycles. The summed E-state index contributed by atoms with van der Waals surface area (Å²) >= 11 is 9.09. The fraction of sp³-hybridized carbons (Fsp3) is 0.136. The van der Waals surface area contributed by atoms with Crippen LogP contribution in [-0.2, 0) is 14.8 Å². The van der Waals surface area contributed by atoms with Gasteiger partial charge in [-0.25, -0.2) is 12.8 Å². The third kappa shape index (κ3) is 5.40. The lowest BCUT2D eigenvalue weighted by atomic mass is 10.2. The molecule has 1 N–H and O–H groups in total. The van der Waals surface area contributed by atoms with E-state index >= 15 is 0 Å². The van der Waals surface area contributed by atoms with Gasteiger partial charge in [-0.3, -0.25) is 9.10 Å². The molecule has 0 spiro atoms. The van der Waals surface area contributed by atoms with Crippen LogP contribution in [0.4, 0.5) is 15.8 Å². The Morgan fingerprint density at radius 3 is 2.44 bits per heavy atom. The van der Waals surface area contributed by atoms with Gasteiger partial charge in [0.25, 0.3) is 10.0 Å². The number of halogens is 3. The lowest BCUT2D eigenvalue weighted by Gasteiger charge is -2.25. The van der Waals surface area contributed by atoms with E-state index in [4.69, 9.17) is 16.3 Å². The normalized spacial score (nSPS) is 11.2. The molecule has 0 fully saturated rings. The highest BCUT2D eigenvalue weighted by Gasteiger charge is 2.30. The van der Waals surface area contributed by atoms with Crippen molar-refractivity contribution in [2.75, 3.05) is 23.3 Å². The number of benzene rings is 3. The van der Waals surface area contributed by atoms with Crippen LogP contribution in [0.1, 0.15) is 5.56 Å². The molecule has 0 aliphatic rings. The Morgan fingerprint density at radius 1 is 1.12 bits per heavy atom. The van der Waals surface area contributed by atoms with Crippen molar-refractivity contribution >= 4 is 54.8 Å². The first-order valence-corrected chi connectivity index (χ1v) is 11.9. The van der Waals surface area contributed by atoms with E-state index in [9.17, 15) is 17.6 Å². The number of hydrogen-bond donors (Lipinski definition) is 1. The van der Waals surface area contributed by atoms with Crippen molar-refractivity contribution in [2.45, 2.75) is 11.8 Å². The second kappa shape index (κ2) is 9.89. The van der Waals surface area contributed by atoms with E-state index in [0.29, 0.717) is 15.1 Å². The molecular weight excluding hydrogens is 523 g/mol. The zero-order chi connectivity index (χ0) is 23.5. The van der Waals surface area contributed by atoms with Crippen LogP contribution in [-0.4, -0.2) is 28.0 Å². The molecule has 3 aromatic rings. The molecule has 0 radical (unpaired) electrons. The molecule has 0 saturated carbocycles. The van der Waals surface area contributed by atoms with Crippen LogP contribution < -0.4 is 14.4 Å². The largest absolute Gasteiger partial charge is 0.495 e. The number of aryl methyl sites for hydroxylation is 1. The van der Waals surface area contributed by atoms with E-state index in [1.807, 2.05) is 0 Å². The topological polar surface area (TPSA) is 75.7 Å². The van der Waals surface area contributed by atoms with Gasteiger partial charge in [-0.2, -0.15) is 0 Å². The Kier molecular flexibility index (Phi) is 7.43. The smallest absolute Gasteiger partial charge is 0.268 e. The van der Waals surface area contributed by atoms with Crippen molar-refractivity contribution in [3.8, 4) is 5.75 Å². The van der Waals surface area contributed by atoms with Crippen LogP contribution in [0.5, 0.6) is 5.75 Å². The number of amides is 1. The number of rotatable bonds is 7. The molecule has 32 heavy (non-hydrogen) atoms. The van der Waals surface area contributed by atoms with Gasteiger partial charge in [0, 0.05) is 9.50 Å². The van der Waals surface area contributed by atoms with Gasteiger partial charge in [0.05, 0.1) is 18.5 Å². The second-order valence-corrected chi connectivity index (χ2v) is 10.00. The van der Waals surface area contributed by atoms with E-state index in [2.05, 4.69) is 21.2 Å². The van der Waals surface area contributed by atoms with Crippen LogP contribution in [0.2, 0.25) is 5.02 Å². The standard InChI is InChI=1S/C22H19BrClFN2O4S/c1-14-3-10-20(31-2)21(11-14)32(29,30)27(17-7-5-16(24)6-8-17)13-22(28)26-19-9-4-15(23)12-18(19)25/h3-12H,13H2,1-2H3,(H,26,28). The molecule has 0 aromatic heterocycles. The summed E-state index contributed by atoms with van der Waals surface area (Å²) in [5.41, 5.74) is 0.839. The molecule has 6 nitrogen and oxygen atoms in total. The number of ether oxygens (including phenoxy) is 1. The maximum Gasteiger partial charge on any atom is 0.268 e. The number of anilines is 2. The molecule has 0 unspecified atom stereocenters. The van der Waals surface area contributed by atoms with Crippen LogP contribution in [0.15, 0.2) is 70.0 Å². The SMILES string of the molecule is COc1ccc(C)cc1S(=O)(=O)N(CC(=O)Nc1ccc(Br)cc1F)c1ccc(Cl)cc1.